The van der Waals surface area contributed by atoms with Gasteiger partial charge >= 0.3 is 5.69 Å². The van der Waals surface area contributed by atoms with Gasteiger partial charge in [0.2, 0.25) is 5.91 Å². The fraction of sp³-hybridized carbons (Fsp3) is 0.294. The Kier molecular flexibility index (Phi) is 5.63. The molecule has 1 amide bonds. The van der Waals surface area contributed by atoms with Crippen molar-refractivity contribution < 1.29 is 4.79 Å². The van der Waals surface area contributed by atoms with E-state index in [1.807, 2.05) is 38.1 Å². The smallest absolute Gasteiger partial charge is 0.350 e. The summed E-state index contributed by atoms with van der Waals surface area (Å²) in [5.41, 5.74) is 1.16. The molecule has 9 heteroatoms. The van der Waals surface area contributed by atoms with Crippen LogP contribution >= 0.6 is 23.4 Å². The van der Waals surface area contributed by atoms with Crippen LogP contribution in [0.1, 0.15) is 19.4 Å². The molecule has 0 aliphatic carbocycles. The third kappa shape index (κ3) is 4.25. The Morgan fingerprint density at radius 2 is 2.04 bits per heavy atom. The predicted molar refractivity (Wildman–Crippen MR) is 102 cm³/mol. The summed E-state index contributed by atoms with van der Waals surface area (Å²) in [5.74, 6) is 0.410. The lowest BCUT2D eigenvalue weighted by molar-refractivity contribution is -0.122. The van der Waals surface area contributed by atoms with Gasteiger partial charge in [-0.3, -0.25) is 4.79 Å². The summed E-state index contributed by atoms with van der Waals surface area (Å²) in [5, 5.41) is 8.35. The van der Waals surface area contributed by atoms with Crippen molar-refractivity contribution in [3.05, 3.63) is 57.7 Å². The van der Waals surface area contributed by atoms with E-state index in [4.69, 9.17) is 11.6 Å². The van der Waals surface area contributed by atoms with Crippen molar-refractivity contribution in [2.24, 2.45) is 0 Å². The van der Waals surface area contributed by atoms with Crippen molar-refractivity contribution >= 4 is 34.9 Å². The maximum absolute atomic E-state index is 12.4. The van der Waals surface area contributed by atoms with Gasteiger partial charge in [0.1, 0.15) is 11.6 Å². The van der Waals surface area contributed by atoms with E-state index >= 15 is 0 Å². The van der Waals surface area contributed by atoms with E-state index in [9.17, 15) is 9.59 Å². The van der Waals surface area contributed by atoms with Crippen LogP contribution in [-0.2, 0) is 17.1 Å². The van der Waals surface area contributed by atoms with E-state index in [-0.39, 0.29) is 24.2 Å². The largest absolute Gasteiger partial charge is 0.352 e. The Morgan fingerprint density at radius 3 is 2.73 bits per heavy atom. The number of rotatable bonds is 6. The molecule has 3 aromatic rings. The fourth-order valence-electron chi connectivity index (χ4n) is 2.37. The highest BCUT2D eigenvalue weighted by molar-refractivity contribution is 7.98. The summed E-state index contributed by atoms with van der Waals surface area (Å²) in [6.07, 6.45) is 3.10. The third-order valence-electron chi connectivity index (χ3n) is 3.50. The first kappa shape index (κ1) is 18.5. The van der Waals surface area contributed by atoms with Gasteiger partial charge in [0.05, 0.1) is 0 Å². The van der Waals surface area contributed by atoms with Crippen molar-refractivity contribution in [2.45, 2.75) is 37.2 Å². The fourth-order valence-corrected chi connectivity index (χ4v) is 3.39. The van der Waals surface area contributed by atoms with Gasteiger partial charge in [-0.25, -0.2) is 18.9 Å². The van der Waals surface area contributed by atoms with E-state index in [0.717, 1.165) is 10.2 Å². The van der Waals surface area contributed by atoms with Gasteiger partial charge in [-0.1, -0.05) is 35.5 Å². The number of amides is 1. The Bertz CT molecular complexity index is 981. The number of thioether (sulfide) groups is 1. The van der Waals surface area contributed by atoms with Crippen molar-refractivity contribution in [3.63, 3.8) is 0 Å². The van der Waals surface area contributed by atoms with Crippen LogP contribution in [0.5, 0.6) is 0 Å². The first-order chi connectivity index (χ1) is 12.4. The van der Waals surface area contributed by atoms with E-state index < -0.39 is 0 Å². The molecule has 1 N–H and O–H groups in total. The monoisotopic (exact) mass is 391 g/mol. The molecule has 0 spiro atoms. The lowest BCUT2D eigenvalue weighted by Gasteiger charge is -2.06. The second kappa shape index (κ2) is 7.92. The topological polar surface area (TPSA) is 81.3 Å². The predicted octanol–water partition coefficient (Wildman–Crippen LogP) is 2.36. The number of nitrogens with zero attached hydrogens (tertiary/aromatic N) is 4. The van der Waals surface area contributed by atoms with Crippen LogP contribution in [0.15, 0.2) is 46.5 Å². The average Bonchev–Trinajstić information content (AvgIpc) is 2.90. The van der Waals surface area contributed by atoms with E-state index in [1.54, 1.807) is 12.4 Å². The van der Waals surface area contributed by atoms with E-state index in [2.05, 4.69) is 15.4 Å². The van der Waals surface area contributed by atoms with Crippen LogP contribution in [0.25, 0.3) is 5.65 Å². The molecule has 0 radical (unpaired) electrons. The van der Waals surface area contributed by atoms with Crippen molar-refractivity contribution in [1.29, 1.82) is 0 Å². The molecule has 0 aliphatic heterocycles. The number of aromatic nitrogens is 4. The summed E-state index contributed by atoms with van der Waals surface area (Å²) in [6.45, 7) is 3.60. The summed E-state index contributed by atoms with van der Waals surface area (Å²) in [4.78, 5) is 28.7. The summed E-state index contributed by atoms with van der Waals surface area (Å²) >= 11 is 7.37. The number of benzene rings is 1. The van der Waals surface area contributed by atoms with Crippen LogP contribution in [-0.4, -0.2) is 31.1 Å². The number of fused-ring (bicyclic) bond motifs is 1. The molecule has 1 aromatic carbocycles. The van der Waals surface area contributed by atoms with Crippen molar-refractivity contribution in [3.8, 4) is 0 Å². The van der Waals surface area contributed by atoms with Crippen LogP contribution < -0.4 is 11.0 Å². The number of carbonyl (C=O) groups excluding carboxylic acids is 1. The van der Waals surface area contributed by atoms with Crippen molar-refractivity contribution in [2.75, 3.05) is 0 Å². The minimum absolute atomic E-state index is 0.00222. The van der Waals surface area contributed by atoms with Gasteiger partial charge in [0.25, 0.3) is 0 Å². The maximum atomic E-state index is 12.4. The van der Waals surface area contributed by atoms with Crippen LogP contribution in [0, 0.1) is 0 Å². The first-order valence-electron chi connectivity index (χ1n) is 8.05. The average molecular weight is 392 g/mol. The normalized spacial score (nSPS) is 11.2. The quantitative estimate of drug-likeness (QED) is 0.652. The minimum atomic E-state index is -0.366. The molecule has 3 rings (SSSR count). The zero-order chi connectivity index (χ0) is 18.7. The Morgan fingerprint density at radius 1 is 1.31 bits per heavy atom. The molecule has 136 valence electrons. The van der Waals surface area contributed by atoms with Gasteiger partial charge in [0.15, 0.2) is 5.65 Å². The van der Waals surface area contributed by atoms with Crippen LogP contribution in [0.4, 0.5) is 0 Å². The minimum Gasteiger partial charge on any atom is -0.352 e. The van der Waals surface area contributed by atoms with Gasteiger partial charge in [-0.05, 0) is 31.5 Å². The highest BCUT2D eigenvalue weighted by atomic mass is 35.5. The highest BCUT2D eigenvalue weighted by Crippen LogP contribution is 2.24. The Hall–Kier alpha value is -2.32. The summed E-state index contributed by atoms with van der Waals surface area (Å²) in [6, 6.07) is 7.55. The number of nitrogens with one attached hydrogen (secondary N) is 1. The molecular weight excluding hydrogens is 374 g/mol. The first-order valence-corrected chi connectivity index (χ1v) is 9.41. The number of hydrogen-bond donors (Lipinski definition) is 1. The molecule has 0 saturated heterocycles. The molecule has 7 nitrogen and oxygen atoms in total. The summed E-state index contributed by atoms with van der Waals surface area (Å²) in [7, 11) is 0. The molecular formula is C17H18ClN5O2S. The SMILES string of the molecule is CC(C)NC(=O)Cn1nc2c(SCc3ccc(Cl)cc3)nccn2c1=O. The molecule has 0 atom stereocenters. The lowest BCUT2D eigenvalue weighted by Crippen LogP contribution is -2.36. The lowest BCUT2D eigenvalue weighted by atomic mass is 10.2. The third-order valence-corrected chi connectivity index (χ3v) is 4.79. The van der Waals surface area contributed by atoms with Gasteiger partial charge in [-0.15, -0.1) is 5.10 Å². The van der Waals surface area contributed by atoms with E-state index in [1.165, 1.54) is 16.2 Å². The Balaban J connectivity index is 1.83. The molecule has 26 heavy (non-hydrogen) atoms. The number of hydrogen-bond acceptors (Lipinski definition) is 5. The second-order valence-electron chi connectivity index (χ2n) is 6.00. The molecule has 0 aliphatic rings. The van der Waals surface area contributed by atoms with Gasteiger partial charge in [0, 0.05) is 29.2 Å². The van der Waals surface area contributed by atoms with Crippen LogP contribution in [0.2, 0.25) is 5.02 Å². The van der Waals surface area contributed by atoms with Crippen molar-refractivity contribution in [1.82, 2.24) is 24.5 Å². The molecule has 0 fully saturated rings. The molecule has 2 aromatic heterocycles. The molecule has 0 unspecified atom stereocenters. The maximum Gasteiger partial charge on any atom is 0.350 e. The van der Waals surface area contributed by atoms with Gasteiger partial charge in [-0.2, -0.15) is 0 Å². The Labute approximate surface area is 159 Å². The highest BCUT2D eigenvalue weighted by Gasteiger charge is 2.15. The van der Waals surface area contributed by atoms with E-state index in [0.29, 0.717) is 21.4 Å². The second-order valence-corrected chi connectivity index (χ2v) is 7.40. The zero-order valence-corrected chi connectivity index (χ0v) is 15.9. The number of carbonyl (C=O) groups is 1. The molecule has 0 saturated carbocycles. The standard InChI is InChI=1S/C17H18ClN5O2S/c1-11(2)20-14(24)9-23-17(25)22-8-7-19-16(15(22)21-23)26-10-12-3-5-13(18)6-4-12/h3-8,11H,9-10H2,1-2H3,(H,20,24). The zero-order valence-electron chi connectivity index (χ0n) is 14.3. The van der Waals surface area contributed by atoms with Crippen LogP contribution in [0.3, 0.4) is 0 Å². The molecule has 2 heterocycles. The summed E-state index contributed by atoms with van der Waals surface area (Å²) < 4.78 is 2.56. The van der Waals surface area contributed by atoms with Gasteiger partial charge < -0.3 is 5.32 Å². The molecule has 0 bridgehead atoms. The number of halogens is 1.